The van der Waals surface area contributed by atoms with Gasteiger partial charge in [0.15, 0.2) is 0 Å². The molecule has 8 aromatic carbocycles. The van der Waals surface area contributed by atoms with E-state index in [0.29, 0.717) is 22.8 Å². The van der Waals surface area contributed by atoms with Crippen LogP contribution >= 0.6 is 0 Å². The van der Waals surface area contributed by atoms with Crippen molar-refractivity contribution in [2.45, 2.75) is 5.41 Å². The van der Waals surface area contributed by atoms with Crippen LogP contribution in [-0.2, 0) is 5.41 Å². The number of anilines is 6. The number of halogens is 4. The van der Waals surface area contributed by atoms with Crippen LogP contribution < -0.4 is 9.80 Å². The van der Waals surface area contributed by atoms with E-state index in [0.717, 1.165) is 46.0 Å². The van der Waals surface area contributed by atoms with Crippen LogP contribution in [0.1, 0.15) is 22.5 Å². The maximum Gasteiger partial charge on any atom is 0.135 e. The minimum Gasteiger partial charge on any atom is -0.310 e. The first-order chi connectivity index (χ1) is 32.9. The molecule has 324 valence electrons. The summed E-state index contributed by atoms with van der Waals surface area (Å²) in [4.78, 5) is 15.0. The van der Waals surface area contributed by atoms with Crippen LogP contribution in [0.2, 0.25) is 0 Å². The molecular weight excluding hydrogens is 841 g/mol. The van der Waals surface area contributed by atoms with Gasteiger partial charge in [-0.1, -0.05) is 133 Å². The number of benzene rings is 8. The Kier molecular flexibility index (Phi) is 11.7. The van der Waals surface area contributed by atoms with E-state index in [1.54, 1.807) is 12.1 Å². The van der Waals surface area contributed by atoms with E-state index < -0.39 is 28.7 Å². The van der Waals surface area contributed by atoms with E-state index in [2.05, 4.69) is 9.80 Å². The number of hydrogen-bond donors (Lipinski definition) is 0. The van der Waals surface area contributed by atoms with Gasteiger partial charge in [-0.25, -0.2) is 17.6 Å². The number of rotatable bonds is 12. The van der Waals surface area contributed by atoms with Crippen molar-refractivity contribution in [1.82, 2.24) is 9.97 Å². The second-order valence-electron chi connectivity index (χ2n) is 15.9. The van der Waals surface area contributed by atoms with E-state index in [-0.39, 0.29) is 22.5 Å². The lowest BCUT2D eigenvalue weighted by molar-refractivity contribution is 0.584. The van der Waals surface area contributed by atoms with Crippen molar-refractivity contribution in [3.05, 3.63) is 288 Å². The highest BCUT2D eigenvalue weighted by molar-refractivity contribution is 5.82. The molecule has 0 aliphatic rings. The fraction of sp³-hybridized carbons (Fsp3) is 0.0169. The van der Waals surface area contributed by atoms with Crippen molar-refractivity contribution in [2.75, 3.05) is 9.80 Å². The largest absolute Gasteiger partial charge is 0.310 e. The van der Waals surface area contributed by atoms with Crippen molar-refractivity contribution in [3.8, 4) is 22.5 Å². The van der Waals surface area contributed by atoms with Crippen LogP contribution in [-0.4, -0.2) is 9.97 Å². The third-order valence-electron chi connectivity index (χ3n) is 11.8. The predicted octanol–water partition coefficient (Wildman–Crippen LogP) is 15.7. The first-order valence-corrected chi connectivity index (χ1v) is 21.7. The van der Waals surface area contributed by atoms with Gasteiger partial charge in [-0.3, -0.25) is 9.97 Å². The van der Waals surface area contributed by atoms with Gasteiger partial charge in [-0.15, -0.1) is 0 Å². The van der Waals surface area contributed by atoms with Crippen molar-refractivity contribution >= 4 is 34.1 Å². The summed E-state index contributed by atoms with van der Waals surface area (Å²) >= 11 is 0. The number of pyridine rings is 2. The van der Waals surface area contributed by atoms with Gasteiger partial charge >= 0.3 is 0 Å². The average molecular weight is 881 g/mol. The van der Waals surface area contributed by atoms with Gasteiger partial charge in [0, 0.05) is 46.0 Å². The third-order valence-corrected chi connectivity index (χ3v) is 11.8. The molecule has 0 radical (unpaired) electrons. The van der Waals surface area contributed by atoms with E-state index in [4.69, 9.17) is 9.97 Å². The lowest BCUT2D eigenvalue weighted by Crippen LogP contribution is -2.34. The normalized spacial score (nSPS) is 11.3. The average Bonchev–Trinajstić information content (AvgIpc) is 3.36. The second-order valence-corrected chi connectivity index (χ2v) is 15.9. The standard InChI is InChI=1S/C59H40F4N4/c60-43-31-33-51(53(62)35-43)55-37-49(66(45-23-11-3-12-24-45)46-25-13-4-14-26-46)39-57(64-55)59(41-19-7-1-8-20-41,42-21-9-2-10-22-42)58-40-50(38-56(65-58)52-34-32-44(61)36-54(52)63)67(47-27-15-5-16-28-47)48-29-17-6-18-30-48/h1-40H. The number of para-hydroxylation sites is 4. The second kappa shape index (κ2) is 18.5. The Morgan fingerprint density at radius 3 is 0.896 bits per heavy atom. The molecule has 0 N–H and O–H groups in total. The molecule has 0 aliphatic heterocycles. The summed E-state index contributed by atoms with van der Waals surface area (Å²) in [5.41, 5.74) is 6.02. The molecule has 0 bridgehead atoms. The maximum atomic E-state index is 16.3. The molecule has 0 atom stereocenters. The minimum atomic E-state index is -1.44. The number of nitrogens with zero attached hydrogens (tertiary/aromatic N) is 4. The van der Waals surface area contributed by atoms with Gasteiger partial charge in [-0.05, 0) is 108 Å². The van der Waals surface area contributed by atoms with Crippen molar-refractivity contribution in [2.24, 2.45) is 0 Å². The molecule has 4 nitrogen and oxygen atoms in total. The Bertz CT molecular complexity index is 2980. The quantitative estimate of drug-likeness (QED) is 0.114. The Balaban J connectivity index is 1.37. The van der Waals surface area contributed by atoms with Crippen molar-refractivity contribution in [1.29, 1.82) is 0 Å². The summed E-state index contributed by atoms with van der Waals surface area (Å²) in [6.07, 6.45) is 0. The maximum absolute atomic E-state index is 16.3. The van der Waals surface area contributed by atoms with E-state index >= 15 is 8.78 Å². The zero-order chi connectivity index (χ0) is 45.7. The number of hydrogen-bond acceptors (Lipinski definition) is 4. The van der Waals surface area contributed by atoms with Crippen molar-refractivity contribution in [3.63, 3.8) is 0 Å². The Morgan fingerprint density at radius 2 is 0.597 bits per heavy atom. The predicted molar refractivity (Wildman–Crippen MR) is 260 cm³/mol. The van der Waals surface area contributed by atoms with Crippen LogP contribution in [0.15, 0.2) is 243 Å². The molecule has 0 aliphatic carbocycles. The highest BCUT2D eigenvalue weighted by Gasteiger charge is 2.43. The lowest BCUT2D eigenvalue weighted by atomic mass is 9.68. The van der Waals surface area contributed by atoms with E-state index in [9.17, 15) is 8.78 Å². The smallest absolute Gasteiger partial charge is 0.135 e. The summed E-state index contributed by atoms with van der Waals surface area (Å²) in [7, 11) is 0. The Hall–Kier alpha value is -8.62. The fourth-order valence-electron chi connectivity index (χ4n) is 8.81. The SMILES string of the molecule is Fc1ccc(-c2cc(N(c3ccccc3)c3ccccc3)cc(C(c3ccccc3)(c3ccccc3)c3cc(N(c4ccccc4)c4ccccc4)cc(-c4ccc(F)cc4F)n3)n2)c(F)c1. The molecule has 0 unspecified atom stereocenters. The molecular formula is C59H40F4N4. The van der Waals surface area contributed by atoms with Gasteiger partial charge in [-0.2, -0.15) is 0 Å². The molecule has 10 rings (SSSR count). The summed E-state index contributed by atoms with van der Waals surface area (Å²) in [6.45, 7) is 0. The van der Waals surface area contributed by atoms with E-state index in [1.165, 1.54) is 24.3 Å². The monoisotopic (exact) mass is 880 g/mol. The Labute approximate surface area is 386 Å². The van der Waals surface area contributed by atoms with Gasteiger partial charge in [0.25, 0.3) is 0 Å². The summed E-state index contributed by atoms with van der Waals surface area (Å²) in [5.74, 6) is -3.03. The highest BCUT2D eigenvalue weighted by Crippen LogP contribution is 2.49. The number of aromatic nitrogens is 2. The van der Waals surface area contributed by atoms with Crippen LogP contribution in [0.5, 0.6) is 0 Å². The molecule has 2 heterocycles. The van der Waals surface area contributed by atoms with Gasteiger partial charge < -0.3 is 9.80 Å². The molecule has 0 spiro atoms. The molecule has 0 saturated heterocycles. The topological polar surface area (TPSA) is 32.3 Å². The summed E-state index contributed by atoms with van der Waals surface area (Å²) in [5, 5.41) is 0. The molecule has 67 heavy (non-hydrogen) atoms. The first kappa shape index (κ1) is 42.3. The minimum absolute atomic E-state index is 0.0794. The third kappa shape index (κ3) is 8.33. The molecule has 0 amide bonds. The first-order valence-electron chi connectivity index (χ1n) is 21.7. The van der Waals surface area contributed by atoms with Gasteiger partial charge in [0.2, 0.25) is 0 Å². The van der Waals surface area contributed by atoms with Crippen molar-refractivity contribution < 1.29 is 17.6 Å². The fourth-order valence-corrected chi connectivity index (χ4v) is 8.81. The summed E-state index contributed by atoms with van der Waals surface area (Å²) < 4.78 is 62.0. The van der Waals surface area contributed by atoms with E-state index in [1.807, 2.05) is 194 Å². The molecule has 2 aromatic heterocycles. The molecule has 0 fully saturated rings. The lowest BCUT2D eigenvalue weighted by Gasteiger charge is -2.37. The Morgan fingerprint density at radius 1 is 0.299 bits per heavy atom. The zero-order valence-electron chi connectivity index (χ0n) is 35.9. The van der Waals surface area contributed by atoms with Crippen LogP contribution in [0.25, 0.3) is 22.5 Å². The molecule has 0 saturated carbocycles. The van der Waals surface area contributed by atoms with Gasteiger partial charge in [0.1, 0.15) is 28.7 Å². The summed E-state index contributed by atoms with van der Waals surface area (Å²) in [6, 6.07) is 73.3. The van der Waals surface area contributed by atoms with Gasteiger partial charge in [0.05, 0.1) is 34.2 Å². The van der Waals surface area contributed by atoms with Crippen LogP contribution in [0.4, 0.5) is 51.7 Å². The van der Waals surface area contributed by atoms with Crippen LogP contribution in [0, 0.1) is 23.3 Å². The zero-order valence-corrected chi connectivity index (χ0v) is 35.9. The van der Waals surface area contributed by atoms with Crippen LogP contribution in [0.3, 0.4) is 0 Å². The highest BCUT2D eigenvalue weighted by atomic mass is 19.1. The molecule has 10 aromatic rings. The molecule has 8 heteroatoms.